The lowest BCUT2D eigenvalue weighted by Gasteiger charge is -2.36. The molecule has 2 nitrogen and oxygen atoms in total. The maximum atomic E-state index is 5.79. The van der Waals surface area contributed by atoms with Crippen LogP contribution in [0.1, 0.15) is 44.0 Å². The van der Waals surface area contributed by atoms with Crippen LogP contribution in [0.4, 0.5) is 0 Å². The predicted molar refractivity (Wildman–Crippen MR) is 77.8 cm³/mol. The molecule has 0 amide bonds. The van der Waals surface area contributed by atoms with Crippen LogP contribution in [0.15, 0.2) is 15.9 Å². The minimum absolute atomic E-state index is 0.301. The SMILES string of the molecule is CC1CC(C)CC(C(NN)c2sccc2Br)C1. The lowest BCUT2D eigenvalue weighted by Crippen LogP contribution is -2.36. The molecule has 0 spiro atoms. The number of halogens is 1. The summed E-state index contributed by atoms with van der Waals surface area (Å²) in [5.41, 5.74) is 3.04. The fourth-order valence-electron chi connectivity index (χ4n) is 3.23. The molecule has 2 rings (SSSR count). The zero-order chi connectivity index (χ0) is 12.4. The Morgan fingerprint density at radius 1 is 1.35 bits per heavy atom. The molecule has 4 heteroatoms. The highest BCUT2D eigenvalue weighted by molar-refractivity contribution is 9.10. The van der Waals surface area contributed by atoms with Crippen LogP contribution in [-0.4, -0.2) is 0 Å². The first-order valence-corrected chi connectivity index (χ1v) is 7.98. The van der Waals surface area contributed by atoms with Gasteiger partial charge in [0.15, 0.2) is 0 Å². The summed E-state index contributed by atoms with van der Waals surface area (Å²) in [6.45, 7) is 4.72. The van der Waals surface area contributed by atoms with Gasteiger partial charge in [0, 0.05) is 9.35 Å². The Hall–Kier alpha value is 0.100. The third kappa shape index (κ3) is 3.11. The summed E-state index contributed by atoms with van der Waals surface area (Å²) in [5.74, 6) is 8.09. The molecule has 0 aliphatic heterocycles. The van der Waals surface area contributed by atoms with Crippen molar-refractivity contribution in [1.82, 2.24) is 5.43 Å². The molecular formula is C13H21BrN2S. The second-order valence-electron chi connectivity index (χ2n) is 5.45. The standard InChI is InChI=1S/C13H21BrN2S/c1-8-5-9(2)7-10(6-8)12(16-15)13-11(14)3-4-17-13/h3-4,8-10,12,16H,5-7,15H2,1-2H3. The van der Waals surface area contributed by atoms with Gasteiger partial charge in [-0.15, -0.1) is 11.3 Å². The molecule has 1 aromatic rings. The topological polar surface area (TPSA) is 38.0 Å². The smallest absolute Gasteiger partial charge is 0.0592 e. The van der Waals surface area contributed by atoms with Crippen molar-refractivity contribution in [3.63, 3.8) is 0 Å². The van der Waals surface area contributed by atoms with E-state index in [1.54, 1.807) is 11.3 Å². The summed E-state index contributed by atoms with van der Waals surface area (Å²) >= 11 is 5.41. The normalized spacial score (nSPS) is 31.4. The van der Waals surface area contributed by atoms with Crippen molar-refractivity contribution < 1.29 is 0 Å². The summed E-state index contributed by atoms with van der Waals surface area (Å²) in [6.07, 6.45) is 3.92. The Morgan fingerprint density at radius 2 is 2.00 bits per heavy atom. The van der Waals surface area contributed by atoms with Crippen molar-refractivity contribution in [2.75, 3.05) is 0 Å². The fraction of sp³-hybridized carbons (Fsp3) is 0.692. The van der Waals surface area contributed by atoms with Crippen LogP contribution >= 0.6 is 27.3 Å². The van der Waals surface area contributed by atoms with Crippen LogP contribution in [-0.2, 0) is 0 Å². The first-order valence-electron chi connectivity index (χ1n) is 6.30. The first kappa shape index (κ1) is 13.5. The summed E-state index contributed by atoms with van der Waals surface area (Å²) in [6, 6.07) is 2.41. The molecule has 1 aliphatic rings. The third-order valence-electron chi connectivity index (χ3n) is 3.79. The highest BCUT2D eigenvalue weighted by atomic mass is 79.9. The van der Waals surface area contributed by atoms with Crippen molar-refractivity contribution >= 4 is 27.3 Å². The molecule has 1 heterocycles. The number of hydrogen-bond acceptors (Lipinski definition) is 3. The van der Waals surface area contributed by atoms with Crippen molar-refractivity contribution in [3.05, 3.63) is 20.8 Å². The molecule has 0 radical (unpaired) electrons. The molecule has 1 saturated carbocycles. The van der Waals surface area contributed by atoms with E-state index in [0.29, 0.717) is 12.0 Å². The molecule has 1 aliphatic carbocycles. The zero-order valence-electron chi connectivity index (χ0n) is 10.4. The minimum Gasteiger partial charge on any atom is -0.271 e. The third-order valence-corrected chi connectivity index (χ3v) is 5.75. The second-order valence-corrected chi connectivity index (χ2v) is 7.26. The van der Waals surface area contributed by atoms with Gasteiger partial charge in [0.1, 0.15) is 0 Å². The second kappa shape index (κ2) is 5.83. The Bertz CT molecular complexity index is 356. The van der Waals surface area contributed by atoms with Gasteiger partial charge < -0.3 is 0 Å². The van der Waals surface area contributed by atoms with Crippen LogP contribution in [0.5, 0.6) is 0 Å². The summed E-state index contributed by atoms with van der Waals surface area (Å²) in [4.78, 5) is 1.35. The highest BCUT2D eigenvalue weighted by Crippen LogP contribution is 2.42. The van der Waals surface area contributed by atoms with E-state index in [0.717, 1.165) is 11.8 Å². The summed E-state index contributed by atoms with van der Waals surface area (Å²) < 4.78 is 1.19. The molecule has 3 N–H and O–H groups in total. The van der Waals surface area contributed by atoms with Crippen LogP contribution in [0.3, 0.4) is 0 Å². The number of hydrogen-bond donors (Lipinski definition) is 2. The number of rotatable bonds is 3. The predicted octanol–water partition coefficient (Wildman–Crippen LogP) is 4.09. The largest absolute Gasteiger partial charge is 0.271 e. The van der Waals surface area contributed by atoms with Gasteiger partial charge in [-0.3, -0.25) is 11.3 Å². The molecule has 3 unspecified atom stereocenters. The minimum atomic E-state index is 0.301. The number of thiophene rings is 1. The maximum absolute atomic E-state index is 5.79. The Labute approximate surface area is 116 Å². The zero-order valence-corrected chi connectivity index (χ0v) is 12.9. The van der Waals surface area contributed by atoms with Gasteiger partial charge >= 0.3 is 0 Å². The lowest BCUT2D eigenvalue weighted by atomic mass is 9.73. The number of nitrogens with two attached hydrogens (primary N) is 1. The Morgan fingerprint density at radius 3 is 2.47 bits per heavy atom. The van der Waals surface area contributed by atoms with Crippen molar-refractivity contribution in [3.8, 4) is 0 Å². The van der Waals surface area contributed by atoms with Crippen molar-refractivity contribution in [2.24, 2.45) is 23.6 Å². The van der Waals surface area contributed by atoms with E-state index in [9.17, 15) is 0 Å². The fourth-order valence-corrected chi connectivity index (χ4v) is 5.01. The molecule has 96 valence electrons. The van der Waals surface area contributed by atoms with E-state index in [1.165, 1.54) is 28.6 Å². The monoisotopic (exact) mass is 316 g/mol. The molecule has 1 aromatic heterocycles. The van der Waals surface area contributed by atoms with Crippen LogP contribution < -0.4 is 11.3 Å². The first-order chi connectivity index (χ1) is 8.11. The van der Waals surface area contributed by atoms with Crippen LogP contribution in [0.2, 0.25) is 0 Å². The van der Waals surface area contributed by atoms with Gasteiger partial charge in [-0.05, 0) is 64.4 Å². The van der Waals surface area contributed by atoms with E-state index < -0.39 is 0 Å². The van der Waals surface area contributed by atoms with Gasteiger partial charge in [-0.25, -0.2) is 0 Å². The molecule has 0 aromatic carbocycles. The van der Waals surface area contributed by atoms with Crippen LogP contribution in [0, 0.1) is 17.8 Å². The average molecular weight is 317 g/mol. The van der Waals surface area contributed by atoms with E-state index in [-0.39, 0.29) is 0 Å². The van der Waals surface area contributed by atoms with E-state index in [4.69, 9.17) is 5.84 Å². The van der Waals surface area contributed by atoms with E-state index in [1.807, 2.05) is 0 Å². The van der Waals surface area contributed by atoms with Gasteiger partial charge in [-0.2, -0.15) is 0 Å². The van der Waals surface area contributed by atoms with Gasteiger partial charge in [0.05, 0.1) is 6.04 Å². The van der Waals surface area contributed by atoms with Crippen LogP contribution in [0.25, 0.3) is 0 Å². The van der Waals surface area contributed by atoms with E-state index in [2.05, 4.69) is 46.6 Å². The Balaban J connectivity index is 2.15. The molecular weight excluding hydrogens is 296 g/mol. The van der Waals surface area contributed by atoms with Gasteiger partial charge in [0.2, 0.25) is 0 Å². The maximum Gasteiger partial charge on any atom is 0.0592 e. The van der Waals surface area contributed by atoms with Crippen molar-refractivity contribution in [2.45, 2.75) is 39.2 Å². The number of hydrazine groups is 1. The van der Waals surface area contributed by atoms with Gasteiger partial charge in [-0.1, -0.05) is 13.8 Å². The number of nitrogens with one attached hydrogen (secondary N) is 1. The molecule has 17 heavy (non-hydrogen) atoms. The van der Waals surface area contributed by atoms with Gasteiger partial charge in [0.25, 0.3) is 0 Å². The molecule has 3 atom stereocenters. The van der Waals surface area contributed by atoms with E-state index >= 15 is 0 Å². The molecule has 1 fully saturated rings. The quantitative estimate of drug-likeness (QED) is 0.651. The molecule has 0 saturated heterocycles. The highest BCUT2D eigenvalue weighted by Gasteiger charge is 2.31. The van der Waals surface area contributed by atoms with Crippen molar-refractivity contribution in [1.29, 1.82) is 0 Å². The lowest BCUT2D eigenvalue weighted by molar-refractivity contribution is 0.178. The average Bonchev–Trinajstić information content (AvgIpc) is 2.65. The summed E-state index contributed by atoms with van der Waals surface area (Å²) in [7, 11) is 0. The Kier molecular flexibility index (Phi) is 4.64. The summed E-state index contributed by atoms with van der Waals surface area (Å²) in [5, 5.41) is 2.12. The molecule has 0 bridgehead atoms.